The first-order chi connectivity index (χ1) is 8.75. The number of nitrogens with one attached hydrogen (secondary N) is 1. The van der Waals surface area contributed by atoms with Gasteiger partial charge in [-0.3, -0.25) is 9.69 Å². The summed E-state index contributed by atoms with van der Waals surface area (Å²) in [6.45, 7) is 3.39. The number of hydrogen-bond acceptors (Lipinski definition) is 4. The molecule has 1 saturated heterocycles. The number of nitrogens with zero attached hydrogens (tertiary/aromatic N) is 1. The van der Waals surface area contributed by atoms with Gasteiger partial charge in [-0.2, -0.15) is 0 Å². The summed E-state index contributed by atoms with van der Waals surface area (Å²) in [4.78, 5) is 14.8. The smallest absolute Gasteiger partial charge is 0.231 e. The Labute approximate surface area is 112 Å². The van der Waals surface area contributed by atoms with E-state index in [2.05, 4.69) is 27.7 Å². The van der Waals surface area contributed by atoms with E-state index in [0.29, 0.717) is 12.6 Å². The summed E-state index contributed by atoms with van der Waals surface area (Å²) in [5, 5.41) is 5.45. The van der Waals surface area contributed by atoms with Crippen LogP contribution in [0.3, 0.4) is 0 Å². The SMILES string of the molecule is NC(=O)CN(CCc1cccs1)C1CCNCC1. The Hall–Kier alpha value is -0.910. The number of amides is 1. The van der Waals surface area contributed by atoms with E-state index in [1.54, 1.807) is 11.3 Å². The van der Waals surface area contributed by atoms with Crippen LogP contribution in [0.5, 0.6) is 0 Å². The summed E-state index contributed by atoms with van der Waals surface area (Å²) in [6, 6.07) is 4.72. The van der Waals surface area contributed by atoms with Gasteiger partial charge in [0.15, 0.2) is 0 Å². The fraction of sp³-hybridized carbons (Fsp3) is 0.615. The first kappa shape index (κ1) is 13.5. The molecule has 4 nitrogen and oxygen atoms in total. The molecule has 2 rings (SSSR count). The molecule has 100 valence electrons. The van der Waals surface area contributed by atoms with E-state index < -0.39 is 0 Å². The highest BCUT2D eigenvalue weighted by Gasteiger charge is 2.21. The van der Waals surface area contributed by atoms with Crippen LogP contribution in [0.25, 0.3) is 0 Å². The molecule has 1 aliphatic rings. The molecule has 0 radical (unpaired) electrons. The van der Waals surface area contributed by atoms with Crippen molar-refractivity contribution >= 4 is 17.2 Å². The number of hydrogen-bond donors (Lipinski definition) is 2. The molecule has 0 unspecified atom stereocenters. The van der Waals surface area contributed by atoms with Crippen LogP contribution in [0.1, 0.15) is 17.7 Å². The monoisotopic (exact) mass is 267 g/mol. The number of primary amides is 1. The van der Waals surface area contributed by atoms with Crippen LogP contribution in [0.15, 0.2) is 17.5 Å². The molecule has 3 N–H and O–H groups in total. The lowest BCUT2D eigenvalue weighted by Crippen LogP contribution is -2.47. The van der Waals surface area contributed by atoms with Crippen molar-refractivity contribution in [3.63, 3.8) is 0 Å². The molecule has 5 heteroatoms. The average molecular weight is 267 g/mol. The van der Waals surface area contributed by atoms with Gasteiger partial charge in [-0.1, -0.05) is 6.07 Å². The molecule has 0 spiro atoms. The topological polar surface area (TPSA) is 58.4 Å². The van der Waals surface area contributed by atoms with Gasteiger partial charge in [0, 0.05) is 17.5 Å². The molecule has 1 aliphatic heterocycles. The molecule has 0 aliphatic carbocycles. The summed E-state index contributed by atoms with van der Waals surface area (Å²) in [7, 11) is 0. The van der Waals surface area contributed by atoms with E-state index in [4.69, 9.17) is 5.73 Å². The predicted molar refractivity (Wildman–Crippen MR) is 74.7 cm³/mol. The summed E-state index contributed by atoms with van der Waals surface area (Å²) in [5.74, 6) is -0.222. The van der Waals surface area contributed by atoms with Gasteiger partial charge in [-0.25, -0.2) is 0 Å². The Morgan fingerprint density at radius 3 is 2.89 bits per heavy atom. The summed E-state index contributed by atoms with van der Waals surface area (Å²) in [6.07, 6.45) is 3.23. The first-order valence-electron chi connectivity index (χ1n) is 6.51. The van der Waals surface area contributed by atoms with E-state index in [9.17, 15) is 4.79 Å². The van der Waals surface area contributed by atoms with Crippen LogP contribution in [0, 0.1) is 0 Å². The van der Waals surface area contributed by atoms with Crippen LogP contribution in [-0.4, -0.2) is 43.0 Å². The normalized spacial score (nSPS) is 17.2. The molecular weight excluding hydrogens is 246 g/mol. The van der Waals surface area contributed by atoms with E-state index in [-0.39, 0.29) is 5.91 Å². The molecule has 0 atom stereocenters. The van der Waals surface area contributed by atoms with Crippen LogP contribution in [0.2, 0.25) is 0 Å². The third-order valence-electron chi connectivity index (χ3n) is 3.41. The van der Waals surface area contributed by atoms with Crippen molar-refractivity contribution in [1.82, 2.24) is 10.2 Å². The van der Waals surface area contributed by atoms with Crippen molar-refractivity contribution in [3.8, 4) is 0 Å². The first-order valence-corrected chi connectivity index (χ1v) is 7.39. The minimum absolute atomic E-state index is 0.222. The van der Waals surface area contributed by atoms with E-state index in [1.807, 2.05) is 0 Å². The van der Waals surface area contributed by atoms with Gasteiger partial charge in [0.1, 0.15) is 0 Å². The largest absolute Gasteiger partial charge is 0.369 e. The molecule has 1 aromatic rings. The molecule has 1 amide bonds. The summed E-state index contributed by atoms with van der Waals surface area (Å²) < 4.78 is 0. The van der Waals surface area contributed by atoms with Crippen molar-refractivity contribution in [1.29, 1.82) is 0 Å². The number of piperidine rings is 1. The van der Waals surface area contributed by atoms with Gasteiger partial charge < -0.3 is 11.1 Å². The lowest BCUT2D eigenvalue weighted by molar-refractivity contribution is -0.119. The highest BCUT2D eigenvalue weighted by atomic mass is 32.1. The Balaban J connectivity index is 1.89. The molecule has 0 saturated carbocycles. The van der Waals surface area contributed by atoms with Crippen molar-refractivity contribution in [2.24, 2.45) is 5.73 Å². The van der Waals surface area contributed by atoms with Crippen LogP contribution in [0.4, 0.5) is 0 Å². The minimum Gasteiger partial charge on any atom is -0.369 e. The third-order valence-corrected chi connectivity index (χ3v) is 4.35. The van der Waals surface area contributed by atoms with Crippen molar-refractivity contribution in [2.45, 2.75) is 25.3 Å². The maximum absolute atomic E-state index is 11.2. The standard InChI is InChI=1S/C13H21N3OS/c14-13(17)10-16(11-3-6-15-7-4-11)8-5-12-2-1-9-18-12/h1-2,9,11,15H,3-8,10H2,(H2,14,17). The van der Waals surface area contributed by atoms with Crippen LogP contribution >= 0.6 is 11.3 Å². The zero-order valence-electron chi connectivity index (χ0n) is 10.6. The Morgan fingerprint density at radius 2 is 2.28 bits per heavy atom. The summed E-state index contributed by atoms with van der Waals surface area (Å²) in [5.41, 5.74) is 5.36. The molecule has 1 fully saturated rings. The van der Waals surface area contributed by atoms with Crippen LogP contribution < -0.4 is 11.1 Å². The fourth-order valence-electron chi connectivity index (χ4n) is 2.47. The number of carbonyl (C=O) groups is 1. The van der Waals surface area contributed by atoms with Crippen molar-refractivity contribution in [2.75, 3.05) is 26.2 Å². The Morgan fingerprint density at radius 1 is 1.50 bits per heavy atom. The third kappa shape index (κ3) is 4.08. The number of nitrogens with two attached hydrogens (primary N) is 1. The average Bonchev–Trinajstić information content (AvgIpc) is 2.88. The van der Waals surface area contributed by atoms with Gasteiger partial charge in [0.25, 0.3) is 0 Å². The Bertz CT molecular complexity index is 360. The van der Waals surface area contributed by atoms with Gasteiger partial charge >= 0.3 is 0 Å². The van der Waals surface area contributed by atoms with Crippen molar-refractivity contribution in [3.05, 3.63) is 22.4 Å². The molecule has 1 aromatic heterocycles. The highest BCUT2D eigenvalue weighted by Crippen LogP contribution is 2.15. The summed E-state index contributed by atoms with van der Waals surface area (Å²) >= 11 is 1.78. The lowest BCUT2D eigenvalue weighted by Gasteiger charge is -2.33. The lowest BCUT2D eigenvalue weighted by atomic mass is 10.0. The molecular formula is C13H21N3OS. The highest BCUT2D eigenvalue weighted by molar-refractivity contribution is 7.09. The minimum atomic E-state index is -0.222. The van der Waals surface area contributed by atoms with Gasteiger partial charge in [0.05, 0.1) is 6.54 Å². The van der Waals surface area contributed by atoms with E-state index in [1.165, 1.54) is 4.88 Å². The zero-order chi connectivity index (χ0) is 12.8. The quantitative estimate of drug-likeness (QED) is 0.802. The van der Waals surface area contributed by atoms with E-state index in [0.717, 1.165) is 38.9 Å². The molecule has 0 aromatic carbocycles. The fourth-order valence-corrected chi connectivity index (χ4v) is 3.17. The maximum Gasteiger partial charge on any atom is 0.231 e. The molecule has 2 heterocycles. The van der Waals surface area contributed by atoms with Gasteiger partial charge in [-0.15, -0.1) is 11.3 Å². The molecule has 0 bridgehead atoms. The van der Waals surface area contributed by atoms with Crippen LogP contribution in [-0.2, 0) is 11.2 Å². The maximum atomic E-state index is 11.2. The predicted octanol–water partition coefficient (Wildman–Crippen LogP) is 0.830. The van der Waals surface area contributed by atoms with Gasteiger partial charge in [-0.05, 0) is 43.8 Å². The number of rotatable bonds is 6. The van der Waals surface area contributed by atoms with E-state index >= 15 is 0 Å². The second-order valence-electron chi connectivity index (χ2n) is 4.75. The zero-order valence-corrected chi connectivity index (χ0v) is 11.4. The second kappa shape index (κ2) is 6.87. The molecule has 18 heavy (non-hydrogen) atoms. The second-order valence-corrected chi connectivity index (χ2v) is 5.78. The van der Waals surface area contributed by atoms with Gasteiger partial charge in [0.2, 0.25) is 5.91 Å². The number of carbonyl (C=O) groups excluding carboxylic acids is 1. The Kier molecular flexibility index (Phi) is 5.16. The van der Waals surface area contributed by atoms with Crippen molar-refractivity contribution < 1.29 is 4.79 Å². The number of thiophene rings is 1.